The molecule has 1 aliphatic rings. The lowest BCUT2D eigenvalue weighted by Gasteiger charge is -2.19. The molecule has 0 heterocycles. The summed E-state index contributed by atoms with van der Waals surface area (Å²) >= 11 is 0. The maximum absolute atomic E-state index is 12.3. The Morgan fingerprint density at radius 1 is 0.968 bits per heavy atom. The summed E-state index contributed by atoms with van der Waals surface area (Å²) in [6.45, 7) is 3.04. The van der Waals surface area contributed by atoms with E-state index in [0.29, 0.717) is 0 Å². The summed E-state index contributed by atoms with van der Waals surface area (Å²) in [7, 11) is 0. The maximum Gasteiger partial charge on any atom is 0.407 e. The van der Waals surface area contributed by atoms with Crippen LogP contribution in [0.1, 0.15) is 37.3 Å². The quantitative estimate of drug-likeness (QED) is 0.513. The van der Waals surface area contributed by atoms with E-state index in [9.17, 15) is 19.5 Å². The van der Waals surface area contributed by atoms with Gasteiger partial charge in [0.25, 0.3) is 0 Å². The van der Waals surface area contributed by atoms with E-state index < -0.39 is 36.2 Å². The smallest absolute Gasteiger partial charge is 0.407 e. The van der Waals surface area contributed by atoms with Gasteiger partial charge in [-0.3, -0.25) is 4.79 Å². The highest BCUT2D eigenvalue weighted by molar-refractivity contribution is 5.84. The van der Waals surface area contributed by atoms with E-state index in [4.69, 9.17) is 9.84 Å². The molecule has 0 radical (unpaired) electrons. The molecule has 2 aromatic rings. The topological polar surface area (TPSA) is 125 Å². The van der Waals surface area contributed by atoms with Gasteiger partial charge < -0.3 is 25.6 Å². The Kier molecular flexibility index (Phi) is 6.91. The SMILES string of the molecule is CC(CC(=O)NC(C(=O)O)C(C)O)NC(=O)OCC1c2ccccc2-c2ccccc21. The molecule has 31 heavy (non-hydrogen) atoms. The van der Waals surface area contributed by atoms with Gasteiger partial charge >= 0.3 is 12.1 Å². The van der Waals surface area contributed by atoms with Gasteiger partial charge in [0.2, 0.25) is 5.91 Å². The van der Waals surface area contributed by atoms with Crippen molar-refractivity contribution in [1.82, 2.24) is 10.6 Å². The maximum atomic E-state index is 12.3. The standard InChI is InChI=1S/C23H26N2O6/c1-13(11-20(27)25-21(14(2)26)22(28)29)24-23(30)31-12-19-17-9-5-3-7-15(17)16-8-4-6-10-18(16)19/h3-10,13-14,19,21,26H,11-12H2,1-2H3,(H,24,30)(H,25,27)(H,28,29). The molecule has 3 atom stereocenters. The molecule has 0 saturated carbocycles. The van der Waals surface area contributed by atoms with Crippen LogP contribution in [-0.4, -0.2) is 53.0 Å². The molecule has 1 aliphatic carbocycles. The molecule has 0 aliphatic heterocycles. The zero-order chi connectivity index (χ0) is 22.5. The molecule has 8 heteroatoms. The minimum Gasteiger partial charge on any atom is -0.480 e. The van der Waals surface area contributed by atoms with Gasteiger partial charge in [-0.25, -0.2) is 9.59 Å². The normalized spacial score (nSPS) is 15.2. The Morgan fingerprint density at radius 3 is 2.03 bits per heavy atom. The van der Waals surface area contributed by atoms with Crippen LogP contribution in [0.2, 0.25) is 0 Å². The van der Waals surface area contributed by atoms with Gasteiger partial charge in [-0.05, 0) is 36.1 Å². The number of alkyl carbamates (subject to hydrolysis) is 1. The Hall–Kier alpha value is -3.39. The Morgan fingerprint density at radius 2 is 1.52 bits per heavy atom. The van der Waals surface area contributed by atoms with E-state index in [-0.39, 0.29) is 18.9 Å². The summed E-state index contributed by atoms with van der Waals surface area (Å²) in [5, 5.41) is 23.3. The van der Waals surface area contributed by atoms with Crippen LogP contribution in [0.5, 0.6) is 0 Å². The van der Waals surface area contributed by atoms with Crippen LogP contribution in [0.3, 0.4) is 0 Å². The third-order valence-corrected chi connectivity index (χ3v) is 5.26. The number of fused-ring (bicyclic) bond motifs is 3. The highest BCUT2D eigenvalue weighted by atomic mass is 16.5. The number of benzene rings is 2. The summed E-state index contributed by atoms with van der Waals surface area (Å²) in [5.74, 6) is -2.00. The van der Waals surface area contributed by atoms with Crippen molar-refractivity contribution >= 4 is 18.0 Å². The van der Waals surface area contributed by atoms with Gasteiger partial charge in [-0.2, -0.15) is 0 Å². The zero-order valence-corrected chi connectivity index (χ0v) is 17.4. The summed E-state index contributed by atoms with van der Waals surface area (Å²) in [4.78, 5) is 35.3. The van der Waals surface area contributed by atoms with Crippen LogP contribution in [0.4, 0.5) is 4.79 Å². The number of carboxylic acids is 1. The van der Waals surface area contributed by atoms with Crippen molar-refractivity contribution in [2.24, 2.45) is 0 Å². The van der Waals surface area contributed by atoms with E-state index in [1.807, 2.05) is 48.5 Å². The lowest BCUT2D eigenvalue weighted by molar-refractivity contribution is -0.144. The summed E-state index contributed by atoms with van der Waals surface area (Å²) in [6, 6.07) is 14.0. The van der Waals surface area contributed by atoms with Gasteiger partial charge in [0.05, 0.1) is 6.10 Å². The molecule has 0 aromatic heterocycles. The number of hydrogen-bond acceptors (Lipinski definition) is 5. The average molecular weight is 426 g/mol. The minimum absolute atomic E-state index is 0.0703. The van der Waals surface area contributed by atoms with Gasteiger partial charge in [0.15, 0.2) is 6.04 Å². The fourth-order valence-electron chi connectivity index (χ4n) is 3.79. The first-order chi connectivity index (χ1) is 14.8. The predicted octanol–water partition coefficient (Wildman–Crippen LogP) is 2.25. The third kappa shape index (κ3) is 5.21. The first-order valence-corrected chi connectivity index (χ1v) is 10.1. The number of nitrogens with one attached hydrogen (secondary N) is 2. The molecule has 164 valence electrons. The minimum atomic E-state index is -1.41. The second-order valence-electron chi connectivity index (χ2n) is 7.70. The lowest BCUT2D eigenvalue weighted by Crippen LogP contribution is -2.49. The highest BCUT2D eigenvalue weighted by Gasteiger charge is 2.29. The van der Waals surface area contributed by atoms with Crippen molar-refractivity contribution in [1.29, 1.82) is 0 Å². The fraction of sp³-hybridized carbons (Fsp3) is 0.348. The van der Waals surface area contributed by atoms with Crippen LogP contribution in [0.15, 0.2) is 48.5 Å². The molecule has 8 nitrogen and oxygen atoms in total. The van der Waals surface area contributed by atoms with Gasteiger partial charge in [0, 0.05) is 18.4 Å². The number of ether oxygens (including phenoxy) is 1. The molecular weight excluding hydrogens is 400 g/mol. The van der Waals surface area contributed by atoms with Crippen LogP contribution in [-0.2, 0) is 14.3 Å². The van der Waals surface area contributed by atoms with Crippen LogP contribution < -0.4 is 10.6 Å². The molecule has 4 N–H and O–H groups in total. The summed E-state index contributed by atoms with van der Waals surface area (Å²) in [5.41, 5.74) is 4.45. The van der Waals surface area contributed by atoms with Gasteiger partial charge in [0.1, 0.15) is 6.61 Å². The Bertz CT molecular complexity index is 929. The molecule has 0 saturated heterocycles. The number of rotatable bonds is 8. The van der Waals surface area contributed by atoms with Crippen molar-refractivity contribution in [3.63, 3.8) is 0 Å². The summed E-state index contributed by atoms with van der Waals surface area (Å²) < 4.78 is 5.43. The van der Waals surface area contributed by atoms with E-state index in [0.717, 1.165) is 22.3 Å². The van der Waals surface area contributed by atoms with Crippen molar-refractivity contribution in [3.8, 4) is 11.1 Å². The molecule has 0 bridgehead atoms. The average Bonchev–Trinajstić information content (AvgIpc) is 3.04. The van der Waals surface area contributed by atoms with E-state index >= 15 is 0 Å². The number of amides is 2. The number of aliphatic hydroxyl groups is 1. The zero-order valence-electron chi connectivity index (χ0n) is 17.4. The summed E-state index contributed by atoms with van der Waals surface area (Å²) in [6.07, 6.45) is -2.06. The van der Waals surface area contributed by atoms with Crippen molar-refractivity contribution in [2.45, 2.75) is 44.4 Å². The number of hydrogen-bond donors (Lipinski definition) is 4. The predicted molar refractivity (Wildman–Crippen MR) is 114 cm³/mol. The van der Waals surface area contributed by atoms with Crippen LogP contribution >= 0.6 is 0 Å². The largest absolute Gasteiger partial charge is 0.480 e. The van der Waals surface area contributed by atoms with Crippen molar-refractivity contribution < 1.29 is 29.3 Å². The van der Waals surface area contributed by atoms with E-state index in [1.54, 1.807) is 6.92 Å². The molecular formula is C23H26N2O6. The molecule has 2 amide bonds. The first-order valence-electron chi connectivity index (χ1n) is 10.1. The van der Waals surface area contributed by atoms with Crippen molar-refractivity contribution in [3.05, 3.63) is 59.7 Å². The molecule has 0 fully saturated rings. The van der Waals surface area contributed by atoms with Gasteiger partial charge in [-0.15, -0.1) is 0 Å². The lowest BCUT2D eigenvalue weighted by atomic mass is 9.98. The van der Waals surface area contributed by atoms with Crippen LogP contribution in [0, 0.1) is 0 Å². The second-order valence-corrected chi connectivity index (χ2v) is 7.70. The fourth-order valence-corrected chi connectivity index (χ4v) is 3.79. The van der Waals surface area contributed by atoms with E-state index in [1.165, 1.54) is 6.92 Å². The molecule has 3 rings (SSSR count). The first kappa shape index (κ1) is 22.3. The monoisotopic (exact) mass is 426 g/mol. The number of aliphatic carboxylic acids is 1. The third-order valence-electron chi connectivity index (χ3n) is 5.26. The second kappa shape index (κ2) is 9.61. The molecule has 3 unspecified atom stereocenters. The van der Waals surface area contributed by atoms with Crippen molar-refractivity contribution in [2.75, 3.05) is 6.61 Å². The van der Waals surface area contributed by atoms with E-state index in [2.05, 4.69) is 10.6 Å². The number of aliphatic hydroxyl groups excluding tert-OH is 1. The number of carbonyl (C=O) groups excluding carboxylic acids is 2. The molecule has 2 aromatic carbocycles. The highest BCUT2D eigenvalue weighted by Crippen LogP contribution is 2.44. The Balaban J connectivity index is 1.54. The van der Waals surface area contributed by atoms with Gasteiger partial charge in [-0.1, -0.05) is 48.5 Å². The Labute approximate surface area is 180 Å². The number of carboxylic acid groups (broad SMARTS) is 1. The number of carbonyl (C=O) groups is 3. The molecule has 0 spiro atoms. The van der Waals surface area contributed by atoms with Crippen LogP contribution in [0.25, 0.3) is 11.1 Å².